The molecule has 0 fully saturated rings. The molecule has 5 heteroatoms. The number of hydrogen-bond acceptors (Lipinski definition) is 3. The number of carboxylic acids is 1. The van der Waals surface area contributed by atoms with Gasteiger partial charge in [-0.3, -0.25) is 4.79 Å². The van der Waals surface area contributed by atoms with Crippen LogP contribution in [0.3, 0.4) is 0 Å². The van der Waals surface area contributed by atoms with Gasteiger partial charge in [0, 0.05) is 11.9 Å². The zero-order chi connectivity index (χ0) is 17.7. The number of fused-ring (bicyclic) bond motifs is 1. The Balaban J connectivity index is 2.70. The van der Waals surface area contributed by atoms with Gasteiger partial charge in [-0.25, -0.2) is 0 Å². The number of ether oxygens (including phenoxy) is 1. The second-order valence-electron chi connectivity index (χ2n) is 5.21. The number of hydrogen-bond donors (Lipinski definition) is 1. The van der Waals surface area contributed by atoms with Gasteiger partial charge in [0.15, 0.2) is 0 Å². The molecule has 0 saturated heterocycles. The second-order valence-corrected chi connectivity index (χ2v) is 5.21. The molecule has 5 nitrogen and oxygen atoms in total. The molecular weight excluding hydrogens is 304 g/mol. The minimum atomic E-state index is -0.886. The molecule has 0 radical (unpaired) electrons. The lowest BCUT2D eigenvalue weighted by Crippen LogP contribution is -2.00. The van der Waals surface area contributed by atoms with E-state index < -0.39 is 5.97 Å². The van der Waals surface area contributed by atoms with Crippen molar-refractivity contribution in [1.29, 1.82) is 5.26 Å². The second kappa shape index (κ2) is 7.51. The van der Waals surface area contributed by atoms with E-state index >= 15 is 0 Å². The first-order valence-corrected chi connectivity index (χ1v) is 7.72. The van der Waals surface area contributed by atoms with E-state index in [2.05, 4.69) is 10.6 Å². The van der Waals surface area contributed by atoms with Crippen LogP contribution >= 0.6 is 0 Å². The summed E-state index contributed by atoms with van der Waals surface area (Å²) in [6, 6.07) is 7.96. The number of carboxylic acid groups (broad SMARTS) is 1. The first-order valence-electron chi connectivity index (χ1n) is 7.72. The number of nitrogens with zero attached hydrogens (tertiary/aromatic N) is 2. The van der Waals surface area contributed by atoms with Gasteiger partial charge in [0.05, 0.1) is 30.3 Å². The van der Waals surface area contributed by atoms with E-state index in [0.717, 1.165) is 22.2 Å². The monoisotopic (exact) mass is 324 g/mol. The highest BCUT2D eigenvalue weighted by atomic mass is 16.5. The topological polar surface area (TPSA) is 75.2 Å². The molecule has 2 rings (SSSR count). The Morgan fingerprint density at radius 1 is 1.46 bits per heavy atom. The van der Waals surface area contributed by atoms with Crippen LogP contribution in [0.4, 0.5) is 0 Å². The third kappa shape index (κ3) is 3.18. The predicted molar refractivity (Wildman–Crippen MR) is 93.9 cm³/mol. The maximum Gasteiger partial charge on any atom is 0.307 e. The molecule has 0 amide bonds. The van der Waals surface area contributed by atoms with Crippen molar-refractivity contribution in [1.82, 2.24) is 4.57 Å². The van der Waals surface area contributed by atoms with Crippen molar-refractivity contribution < 1.29 is 14.6 Å². The Morgan fingerprint density at radius 3 is 2.75 bits per heavy atom. The fraction of sp³-hybridized carbons (Fsp3) is 0.263. The summed E-state index contributed by atoms with van der Waals surface area (Å²) in [7, 11) is 1.59. The summed E-state index contributed by atoms with van der Waals surface area (Å²) >= 11 is 0. The van der Waals surface area contributed by atoms with Crippen molar-refractivity contribution in [2.75, 3.05) is 7.11 Å². The van der Waals surface area contributed by atoms with Crippen LogP contribution in [0.15, 0.2) is 36.4 Å². The molecule has 2 aromatic rings. The predicted octanol–water partition coefficient (Wildman–Crippen LogP) is 3.98. The molecule has 1 aromatic carbocycles. The Hall–Kier alpha value is -3.00. The fourth-order valence-corrected chi connectivity index (χ4v) is 2.80. The number of aromatic nitrogens is 1. The number of nitriles is 1. The quantitative estimate of drug-likeness (QED) is 0.816. The molecule has 124 valence electrons. The number of aryl methyl sites for hydroxylation is 1. The molecule has 0 aliphatic rings. The summed E-state index contributed by atoms with van der Waals surface area (Å²) < 4.78 is 7.33. The van der Waals surface area contributed by atoms with Crippen LogP contribution in [0.5, 0.6) is 5.75 Å². The standard InChI is InChI=1S/C19H20N2O3/c1-4-13(7-6-8-18(22)23)19-16(12-20)15-11-14(24-3)9-10-17(15)21(19)5-2/h4,6-7,9-11H,5,8H2,1-3H3,(H,22,23)/b7-6-,13-4+. The van der Waals surface area contributed by atoms with E-state index in [9.17, 15) is 10.1 Å². The first kappa shape index (κ1) is 17.4. The van der Waals surface area contributed by atoms with Gasteiger partial charge in [-0.1, -0.05) is 18.2 Å². The molecule has 0 atom stereocenters. The smallest absolute Gasteiger partial charge is 0.307 e. The molecular formula is C19H20N2O3. The molecule has 1 aromatic heterocycles. The van der Waals surface area contributed by atoms with E-state index in [1.54, 1.807) is 19.3 Å². The Labute approximate surface area is 141 Å². The Morgan fingerprint density at radius 2 is 2.21 bits per heavy atom. The van der Waals surface area contributed by atoms with Gasteiger partial charge in [0.1, 0.15) is 11.8 Å². The number of allylic oxidation sites excluding steroid dienone is 3. The molecule has 1 N–H and O–H groups in total. The summed E-state index contributed by atoms with van der Waals surface area (Å²) in [6.07, 6.45) is 5.18. The highest BCUT2D eigenvalue weighted by molar-refractivity contribution is 5.95. The highest BCUT2D eigenvalue weighted by Gasteiger charge is 2.18. The fourth-order valence-electron chi connectivity index (χ4n) is 2.80. The van der Waals surface area contributed by atoms with Gasteiger partial charge in [-0.15, -0.1) is 0 Å². The minimum Gasteiger partial charge on any atom is -0.497 e. The van der Waals surface area contributed by atoms with Crippen LogP contribution < -0.4 is 4.74 Å². The lowest BCUT2D eigenvalue weighted by molar-refractivity contribution is -0.136. The number of carbonyl (C=O) groups is 1. The molecule has 0 spiro atoms. The minimum absolute atomic E-state index is 0.0561. The van der Waals surface area contributed by atoms with Crippen molar-refractivity contribution >= 4 is 22.4 Å². The molecule has 0 aliphatic heterocycles. The largest absolute Gasteiger partial charge is 0.497 e. The molecule has 1 heterocycles. The van der Waals surface area contributed by atoms with Crippen molar-refractivity contribution in [3.63, 3.8) is 0 Å². The number of methoxy groups -OCH3 is 1. The molecule has 0 aliphatic carbocycles. The van der Waals surface area contributed by atoms with Gasteiger partial charge in [0.2, 0.25) is 0 Å². The maximum absolute atomic E-state index is 10.7. The summed E-state index contributed by atoms with van der Waals surface area (Å²) in [4.78, 5) is 10.7. The summed E-state index contributed by atoms with van der Waals surface area (Å²) in [5.74, 6) is -0.190. The lowest BCUT2D eigenvalue weighted by Gasteiger charge is -2.09. The van der Waals surface area contributed by atoms with E-state index in [1.807, 2.05) is 38.1 Å². The maximum atomic E-state index is 10.7. The summed E-state index contributed by atoms with van der Waals surface area (Å²) in [5, 5.41) is 19.3. The lowest BCUT2D eigenvalue weighted by atomic mass is 10.1. The number of rotatable bonds is 6. The van der Waals surface area contributed by atoms with Crippen LogP contribution in [0, 0.1) is 11.3 Å². The molecule has 24 heavy (non-hydrogen) atoms. The number of benzene rings is 1. The van der Waals surface area contributed by atoms with Crippen LogP contribution in [0.25, 0.3) is 16.5 Å². The number of aliphatic carboxylic acids is 1. The first-order chi connectivity index (χ1) is 11.6. The normalized spacial score (nSPS) is 11.8. The summed E-state index contributed by atoms with van der Waals surface area (Å²) in [5.41, 5.74) is 3.15. The van der Waals surface area contributed by atoms with Crippen molar-refractivity contribution in [2.24, 2.45) is 0 Å². The van der Waals surface area contributed by atoms with Crippen molar-refractivity contribution in [3.05, 3.63) is 47.7 Å². The van der Waals surface area contributed by atoms with Crippen LogP contribution in [0.1, 0.15) is 31.5 Å². The SMILES string of the molecule is C/C=C(\C=C/CC(=O)O)c1c(C#N)c2cc(OC)ccc2n1CC. The zero-order valence-electron chi connectivity index (χ0n) is 14.0. The highest BCUT2D eigenvalue weighted by Crippen LogP contribution is 2.33. The van der Waals surface area contributed by atoms with Gasteiger partial charge in [-0.05, 0) is 37.6 Å². The Kier molecular flexibility index (Phi) is 5.43. The third-order valence-corrected chi connectivity index (χ3v) is 3.87. The van der Waals surface area contributed by atoms with Gasteiger partial charge < -0.3 is 14.4 Å². The third-order valence-electron chi connectivity index (χ3n) is 3.87. The van der Waals surface area contributed by atoms with Gasteiger partial charge in [0.25, 0.3) is 0 Å². The van der Waals surface area contributed by atoms with Crippen LogP contribution in [0.2, 0.25) is 0 Å². The van der Waals surface area contributed by atoms with Gasteiger partial charge >= 0.3 is 5.97 Å². The van der Waals surface area contributed by atoms with Crippen LogP contribution in [-0.4, -0.2) is 22.8 Å². The molecule has 0 saturated carbocycles. The van der Waals surface area contributed by atoms with E-state index in [4.69, 9.17) is 9.84 Å². The van der Waals surface area contributed by atoms with E-state index in [0.29, 0.717) is 17.9 Å². The van der Waals surface area contributed by atoms with Crippen LogP contribution in [-0.2, 0) is 11.3 Å². The average Bonchev–Trinajstić information content (AvgIpc) is 2.90. The Bertz CT molecular complexity index is 867. The van der Waals surface area contributed by atoms with E-state index in [1.165, 1.54) is 0 Å². The van der Waals surface area contributed by atoms with Gasteiger partial charge in [-0.2, -0.15) is 5.26 Å². The summed E-state index contributed by atoms with van der Waals surface area (Å²) in [6.45, 7) is 4.59. The van der Waals surface area contributed by atoms with Crippen molar-refractivity contribution in [3.8, 4) is 11.8 Å². The average molecular weight is 324 g/mol. The zero-order valence-corrected chi connectivity index (χ0v) is 14.0. The molecule has 0 unspecified atom stereocenters. The van der Waals surface area contributed by atoms with E-state index in [-0.39, 0.29) is 6.42 Å². The molecule has 0 bridgehead atoms. The van der Waals surface area contributed by atoms with Crippen molar-refractivity contribution in [2.45, 2.75) is 26.8 Å².